The molecule has 0 saturated carbocycles. The number of unbranched alkanes of at least 4 members (excludes halogenated alkanes) is 2. The lowest BCUT2D eigenvalue weighted by Gasteiger charge is -2.07. The first-order chi connectivity index (χ1) is 16.2. The summed E-state index contributed by atoms with van der Waals surface area (Å²) in [5.41, 5.74) is 7.06. The molecule has 176 valence electrons. The molecule has 0 fully saturated rings. The predicted molar refractivity (Wildman–Crippen MR) is 127 cm³/mol. The second-order valence-electron chi connectivity index (χ2n) is 7.85. The monoisotopic (exact) mass is 451 g/mol. The average Bonchev–Trinajstić information content (AvgIpc) is 3.47. The smallest absolute Gasteiger partial charge is 0.210 e. The van der Waals surface area contributed by atoms with E-state index in [0.717, 1.165) is 56.6 Å². The lowest BCUT2D eigenvalue weighted by atomic mass is 10.2. The highest BCUT2D eigenvalue weighted by atomic mass is 16.5. The Kier molecular flexibility index (Phi) is 9.98. The van der Waals surface area contributed by atoms with E-state index in [-0.39, 0.29) is 0 Å². The van der Waals surface area contributed by atoms with E-state index in [1.807, 2.05) is 28.8 Å². The van der Waals surface area contributed by atoms with E-state index in [9.17, 15) is 5.11 Å². The summed E-state index contributed by atoms with van der Waals surface area (Å²) in [5.74, 6) is 8.00. The average molecular weight is 452 g/mol. The van der Waals surface area contributed by atoms with Crippen LogP contribution in [0.2, 0.25) is 0 Å². The predicted octanol–water partition coefficient (Wildman–Crippen LogP) is 2.86. The van der Waals surface area contributed by atoms with Crippen LogP contribution in [0.3, 0.4) is 0 Å². The zero-order valence-corrected chi connectivity index (χ0v) is 19.2. The highest BCUT2D eigenvalue weighted by molar-refractivity contribution is 5.41. The Bertz CT molecular complexity index is 1010. The van der Waals surface area contributed by atoms with E-state index in [1.165, 1.54) is 0 Å². The topological polar surface area (TPSA) is 111 Å². The number of rotatable bonds is 13. The molecule has 0 aliphatic heterocycles. The molecule has 0 spiro atoms. The zero-order chi connectivity index (χ0) is 23.3. The summed E-state index contributed by atoms with van der Waals surface area (Å²) >= 11 is 0. The van der Waals surface area contributed by atoms with Gasteiger partial charge in [0, 0.05) is 24.0 Å². The molecule has 33 heavy (non-hydrogen) atoms. The Hall–Kier alpha value is -3.12. The van der Waals surface area contributed by atoms with Crippen LogP contribution in [-0.2, 0) is 6.54 Å². The van der Waals surface area contributed by atoms with Gasteiger partial charge in [-0.15, -0.1) is 0 Å². The zero-order valence-electron chi connectivity index (χ0n) is 19.2. The number of nitrogens with zero attached hydrogens (tertiary/aromatic N) is 3. The van der Waals surface area contributed by atoms with Gasteiger partial charge < -0.3 is 30.0 Å². The Labute approximate surface area is 195 Å². The van der Waals surface area contributed by atoms with Crippen LogP contribution < -0.4 is 15.8 Å². The van der Waals surface area contributed by atoms with Gasteiger partial charge in [-0.2, -0.15) is 0 Å². The number of nitrogens with one attached hydrogen (secondary N) is 1. The number of aromatic nitrogens is 3. The second-order valence-corrected chi connectivity index (χ2v) is 7.85. The van der Waals surface area contributed by atoms with E-state index in [1.54, 1.807) is 25.4 Å². The molecule has 0 amide bonds. The van der Waals surface area contributed by atoms with E-state index >= 15 is 0 Å². The highest BCUT2D eigenvalue weighted by Crippen LogP contribution is 2.14. The summed E-state index contributed by atoms with van der Waals surface area (Å²) in [4.78, 5) is 4.16. The minimum absolute atomic E-state index is 0.461. The molecule has 2 aromatic heterocycles. The number of benzene rings is 1. The third-order valence-corrected chi connectivity index (χ3v) is 5.02. The van der Waals surface area contributed by atoms with Crippen LogP contribution in [0.15, 0.2) is 47.2 Å². The quantitative estimate of drug-likeness (QED) is 0.271. The van der Waals surface area contributed by atoms with Crippen molar-refractivity contribution in [2.24, 2.45) is 5.73 Å². The number of imidazole rings is 1. The van der Waals surface area contributed by atoms with Crippen LogP contribution in [-0.4, -0.2) is 46.1 Å². The van der Waals surface area contributed by atoms with Gasteiger partial charge in [-0.05, 0) is 82.4 Å². The van der Waals surface area contributed by atoms with Gasteiger partial charge in [0.05, 0.1) is 13.2 Å². The van der Waals surface area contributed by atoms with Gasteiger partial charge in [-0.1, -0.05) is 11.1 Å². The fraction of sp³-hybridized carbons (Fsp3) is 0.440. The van der Waals surface area contributed by atoms with Gasteiger partial charge in [0.15, 0.2) is 0 Å². The fourth-order valence-electron chi connectivity index (χ4n) is 3.28. The molecule has 0 unspecified atom stereocenters. The number of aliphatic hydroxyl groups excluding tert-OH is 1. The molecule has 8 heteroatoms. The number of hydrogen-bond donors (Lipinski definition) is 3. The van der Waals surface area contributed by atoms with Crippen molar-refractivity contribution in [2.45, 2.75) is 45.3 Å². The SMILES string of the molecule is C[C@H](O)c1nccn1Cc1cc(C#Cc2ccc(OCCCCCNCCCN)cc2)on1. The molecule has 0 bridgehead atoms. The van der Waals surface area contributed by atoms with Gasteiger partial charge in [-0.25, -0.2) is 4.98 Å². The minimum Gasteiger partial charge on any atom is -0.494 e. The Morgan fingerprint density at radius 3 is 2.76 bits per heavy atom. The number of aliphatic hydroxyl groups is 1. The van der Waals surface area contributed by atoms with Gasteiger partial charge in [0.1, 0.15) is 23.4 Å². The molecule has 4 N–H and O–H groups in total. The molecular weight excluding hydrogens is 418 g/mol. The summed E-state index contributed by atoms with van der Waals surface area (Å²) in [7, 11) is 0. The summed E-state index contributed by atoms with van der Waals surface area (Å²) in [6.07, 6.45) is 7.15. The van der Waals surface area contributed by atoms with Crippen molar-refractivity contribution in [1.29, 1.82) is 0 Å². The van der Waals surface area contributed by atoms with E-state index in [4.69, 9.17) is 15.0 Å². The van der Waals surface area contributed by atoms with Crippen molar-refractivity contribution in [1.82, 2.24) is 20.0 Å². The summed E-state index contributed by atoms with van der Waals surface area (Å²) in [5, 5.41) is 17.2. The molecule has 0 aliphatic carbocycles. The molecule has 1 atom stereocenters. The summed E-state index contributed by atoms with van der Waals surface area (Å²) in [6.45, 7) is 5.62. The molecule has 0 saturated heterocycles. The summed E-state index contributed by atoms with van der Waals surface area (Å²) < 4.78 is 13.0. The van der Waals surface area contributed by atoms with Crippen LogP contribution >= 0.6 is 0 Å². The van der Waals surface area contributed by atoms with Gasteiger partial charge in [0.25, 0.3) is 0 Å². The van der Waals surface area contributed by atoms with Gasteiger partial charge >= 0.3 is 0 Å². The molecule has 2 heterocycles. The van der Waals surface area contributed by atoms with Gasteiger partial charge in [0.2, 0.25) is 5.76 Å². The molecule has 0 aliphatic rings. The van der Waals surface area contributed by atoms with Crippen LogP contribution in [0.4, 0.5) is 0 Å². The van der Waals surface area contributed by atoms with E-state index in [0.29, 0.717) is 30.4 Å². The third-order valence-electron chi connectivity index (χ3n) is 5.02. The highest BCUT2D eigenvalue weighted by Gasteiger charge is 2.11. The maximum Gasteiger partial charge on any atom is 0.210 e. The second kappa shape index (κ2) is 13.4. The maximum atomic E-state index is 9.76. The van der Waals surface area contributed by atoms with Crippen LogP contribution in [0.1, 0.15) is 61.6 Å². The fourth-order valence-corrected chi connectivity index (χ4v) is 3.28. The van der Waals surface area contributed by atoms with E-state index in [2.05, 4.69) is 27.3 Å². The molecule has 3 aromatic rings. The number of hydrogen-bond acceptors (Lipinski definition) is 7. The first kappa shape index (κ1) is 24.5. The van der Waals surface area contributed by atoms with Crippen LogP contribution in [0, 0.1) is 11.8 Å². The Morgan fingerprint density at radius 1 is 1.15 bits per heavy atom. The normalized spacial score (nSPS) is 11.7. The number of ether oxygens (including phenoxy) is 1. The Morgan fingerprint density at radius 2 is 1.97 bits per heavy atom. The molecule has 1 aromatic carbocycles. The number of nitrogens with two attached hydrogens (primary N) is 1. The molecule has 0 radical (unpaired) electrons. The first-order valence-corrected chi connectivity index (χ1v) is 11.5. The lowest BCUT2D eigenvalue weighted by Crippen LogP contribution is -2.19. The first-order valence-electron chi connectivity index (χ1n) is 11.5. The minimum atomic E-state index is -0.646. The summed E-state index contributed by atoms with van der Waals surface area (Å²) in [6, 6.07) is 9.52. The Balaban J connectivity index is 1.40. The van der Waals surface area contributed by atoms with Crippen molar-refractivity contribution in [2.75, 3.05) is 26.2 Å². The van der Waals surface area contributed by atoms with Crippen LogP contribution in [0.5, 0.6) is 5.75 Å². The molecule has 8 nitrogen and oxygen atoms in total. The third kappa shape index (κ3) is 8.39. The molecular formula is C25H33N5O3. The standard InChI is InChI=1S/C25H33N5O3/c1-20(31)25-28-15-16-30(25)19-22-18-24(33-29-22)11-8-21-6-9-23(10-7-21)32-17-4-2-3-13-27-14-5-12-26/h6-7,9-10,15-16,18,20,27,31H,2-5,12-14,17,19,26H2,1H3/t20-/m0/s1. The maximum absolute atomic E-state index is 9.76. The van der Waals surface area contributed by atoms with Gasteiger partial charge in [-0.3, -0.25) is 0 Å². The van der Waals surface area contributed by atoms with Crippen molar-refractivity contribution >= 4 is 0 Å². The molecule has 3 rings (SSSR count). The lowest BCUT2D eigenvalue weighted by molar-refractivity contribution is 0.184. The van der Waals surface area contributed by atoms with E-state index < -0.39 is 6.10 Å². The van der Waals surface area contributed by atoms with Crippen LogP contribution in [0.25, 0.3) is 0 Å². The van der Waals surface area contributed by atoms with Crippen molar-refractivity contribution < 1.29 is 14.4 Å². The van der Waals surface area contributed by atoms with Crippen molar-refractivity contribution in [3.8, 4) is 17.6 Å². The van der Waals surface area contributed by atoms with Crippen molar-refractivity contribution in [3.05, 3.63) is 65.6 Å². The largest absolute Gasteiger partial charge is 0.494 e. The van der Waals surface area contributed by atoms with Crippen molar-refractivity contribution in [3.63, 3.8) is 0 Å².